The summed E-state index contributed by atoms with van der Waals surface area (Å²) in [4.78, 5) is 0. The second kappa shape index (κ2) is 5.31. The van der Waals surface area contributed by atoms with E-state index in [4.69, 9.17) is 25.0 Å². The first kappa shape index (κ1) is 12.8. The van der Waals surface area contributed by atoms with Crippen LogP contribution in [0.3, 0.4) is 0 Å². The molecule has 0 atom stereocenters. The van der Waals surface area contributed by atoms with Crippen LogP contribution in [-0.4, -0.2) is 18.9 Å². The van der Waals surface area contributed by atoms with Crippen molar-refractivity contribution in [3.05, 3.63) is 23.8 Å². The van der Waals surface area contributed by atoms with Gasteiger partial charge in [0.2, 0.25) is 5.88 Å². The summed E-state index contributed by atoms with van der Waals surface area (Å²) in [6.45, 7) is 2.43. The van der Waals surface area contributed by atoms with Crippen LogP contribution in [0.2, 0.25) is 0 Å². The molecule has 98 valence electrons. The summed E-state index contributed by atoms with van der Waals surface area (Å²) in [6, 6.07) is 7.21. The standard InChI is InChI=1S/C13H13N3O3/c1-3-18-10-5-4-8(6-11(10)17-2)12-9(7-14)13(15)19-16-12/h4-6H,3,15H2,1-2H3. The number of aromatic nitrogens is 1. The van der Waals surface area contributed by atoms with Crippen LogP contribution < -0.4 is 15.2 Å². The highest BCUT2D eigenvalue weighted by Crippen LogP contribution is 2.34. The molecule has 6 nitrogen and oxygen atoms in total. The van der Waals surface area contributed by atoms with Gasteiger partial charge in [-0.05, 0) is 25.1 Å². The van der Waals surface area contributed by atoms with Gasteiger partial charge in [0.1, 0.15) is 17.3 Å². The molecule has 0 saturated carbocycles. The normalized spacial score (nSPS) is 9.95. The van der Waals surface area contributed by atoms with Crippen LogP contribution >= 0.6 is 0 Å². The summed E-state index contributed by atoms with van der Waals surface area (Å²) in [5.74, 6) is 1.19. The Bertz CT molecular complexity index is 629. The topological polar surface area (TPSA) is 94.3 Å². The Kier molecular flexibility index (Phi) is 3.57. The molecule has 0 saturated heterocycles. The molecule has 1 aromatic carbocycles. The highest BCUT2D eigenvalue weighted by molar-refractivity contribution is 5.73. The van der Waals surface area contributed by atoms with E-state index in [1.165, 1.54) is 0 Å². The third-order valence-electron chi connectivity index (χ3n) is 2.57. The first-order valence-electron chi connectivity index (χ1n) is 5.67. The highest BCUT2D eigenvalue weighted by Gasteiger charge is 2.17. The molecule has 0 aliphatic rings. The number of hydrogen-bond donors (Lipinski definition) is 1. The molecule has 0 unspecified atom stereocenters. The van der Waals surface area contributed by atoms with Gasteiger partial charge in [0.25, 0.3) is 0 Å². The monoisotopic (exact) mass is 259 g/mol. The predicted octanol–water partition coefficient (Wildman–Crippen LogP) is 2.20. The zero-order chi connectivity index (χ0) is 13.8. The second-order valence-corrected chi connectivity index (χ2v) is 3.68. The molecule has 0 amide bonds. The fourth-order valence-electron chi connectivity index (χ4n) is 1.70. The van der Waals surface area contributed by atoms with Gasteiger partial charge >= 0.3 is 0 Å². The zero-order valence-electron chi connectivity index (χ0n) is 10.6. The number of anilines is 1. The number of methoxy groups -OCH3 is 1. The van der Waals surface area contributed by atoms with E-state index in [-0.39, 0.29) is 11.4 Å². The molecule has 0 fully saturated rings. The van der Waals surface area contributed by atoms with Crippen molar-refractivity contribution in [2.24, 2.45) is 0 Å². The van der Waals surface area contributed by atoms with Gasteiger partial charge < -0.3 is 19.7 Å². The van der Waals surface area contributed by atoms with Gasteiger partial charge in [0.15, 0.2) is 11.5 Å². The molecule has 1 aromatic heterocycles. The van der Waals surface area contributed by atoms with E-state index in [0.717, 1.165) is 0 Å². The Hall–Kier alpha value is -2.68. The van der Waals surface area contributed by atoms with Crippen LogP contribution in [0, 0.1) is 11.3 Å². The first-order chi connectivity index (χ1) is 9.21. The summed E-state index contributed by atoms with van der Waals surface area (Å²) in [6.07, 6.45) is 0. The zero-order valence-corrected chi connectivity index (χ0v) is 10.6. The molecule has 0 spiro atoms. The predicted molar refractivity (Wildman–Crippen MR) is 68.8 cm³/mol. The molecular weight excluding hydrogens is 246 g/mol. The average Bonchev–Trinajstić information content (AvgIpc) is 2.80. The lowest BCUT2D eigenvalue weighted by Gasteiger charge is -2.09. The molecule has 0 bridgehead atoms. The van der Waals surface area contributed by atoms with E-state index >= 15 is 0 Å². The molecule has 2 N–H and O–H groups in total. The van der Waals surface area contributed by atoms with Crippen molar-refractivity contribution in [1.82, 2.24) is 5.16 Å². The maximum Gasteiger partial charge on any atom is 0.240 e. The number of rotatable bonds is 4. The van der Waals surface area contributed by atoms with Crippen LogP contribution in [0.4, 0.5) is 5.88 Å². The molecule has 1 heterocycles. The Morgan fingerprint density at radius 1 is 1.42 bits per heavy atom. The highest BCUT2D eigenvalue weighted by atomic mass is 16.5. The Morgan fingerprint density at radius 3 is 2.84 bits per heavy atom. The molecule has 6 heteroatoms. The summed E-state index contributed by atoms with van der Waals surface area (Å²) < 4.78 is 15.5. The van der Waals surface area contributed by atoms with Crippen molar-refractivity contribution in [3.63, 3.8) is 0 Å². The molecular formula is C13H13N3O3. The van der Waals surface area contributed by atoms with Crippen molar-refractivity contribution in [1.29, 1.82) is 5.26 Å². The minimum atomic E-state index is 0.00496. The Labute approximate surface area is 110 Å². The van der Waals surface area contributed by atoms with Gasteiger partial charge in [-0.2, -0.15) is 5.26 Å². The van der Waals surface area contributed by atoms with Crippen LogP contribution in [0.5, 0.6) is 11.5 Å². The molecule has 2 aromatic rings. The smallest absolute Gasteiger partial charge is 0.240 e. The van der Waals surface area contributed by atoms with Gasteiger partial charge in [-0.3, -0.25) is 0 Å². The number of nitrogens with two attached hydrogens (primary N) is 1. The fourth-order valence-corrected chi connectivity index (χ4v) is 1.70. The molecule has 0 aliphatic carbocycles. The number of benzene rings is 1. The second-order valence-electron chi connectivity index (χ2n) is 3.68. The van der Waals surface area contributed by atoms with Crippen LogP contribution in [-0.2, 0) is 0 Å². The molecule has 0 radical (unpaired) electrons. The van der Waals surface area contributed by atoms with E-state index in [2.05, 4.69) is 5.16 Å². The van der Waals surface area contributed by atoms with Crippen LogP contribution in [0.25, 0.3) is 11.3 Å². The number of ether oxygens (including phenoxy) is 2. The van der Waals surface area contributed by atoms with Crippen molar-refractivity contribution in [2.75, 3.05) is 19.5 Å². The van der Waals surface area contributed by atoms with Gasteiger partial charge in [-0.25, -0.2) is 0 Å². The Balaban J connectivity index is 2.49. The number of nitrogen functional groups attached to an aromatic ring is 1. The lowest BCUT2D eigenvalue weighted by molar-refractivity contribution is 0.311. The molecule has 0 aliphatic heterocycles. The van der Waals surface area contributed by atoms with Crippen molar-refractivity contribution >= 4 is 5.88 Å². The molecule has 2 rings (SSSR count). The van der Waals surface area contributed by atoms with Gasteiger partial charge in [0.05, 0.1) is 13.7 Å². The SMILES string of the molecule is CCOc1ccc(-c2noc(N)c2C#N)cc1OC. The minimum Gasteiger partial charge on any atom is -0.493 e. The number of nitrogens with zero attached hydrogens (tertiary/aromatic N) is 2. The van der Waals surface area contributed by atoms with E-state index < -0.39 is 0 Å². The minimum absolute atomic E-state index is 0.00496. The van der Waals surface area contributed by atoms with Gasteiger partial charge in [0, 0.05) is 5.56 Å². The van der Waals surface area contributed by atoms with Crippen LogP contribution in [0.15, 0.2) is 22.7 Å². The summed E-state index contributed by atoms with van der Waals surface area (Å²) in [7, 11) is 1.55. The summed E-state index contributed by atoms with van der Waals surface area (Å²) in [5.41, 5.74) is 6.81. The number of hydrogen-bond acceptors (Lipinski definition) is 6. The average molecular weight is 259 g/mol. The van der Waals surface area contributed by atoms with Crippen molar-refractivity contribution < 1.29 is 14.0 Å². The van der Waals surface area contributed by atoms with Crippen LogP contribution in [0.1, 0.15) is 12.5 Å². The first-order valence-corrected chi connectivity index (χ1v) is 5.67. The number of nitriles is 1. The Morgan fingerprint density at radius 2 is 2.21 bits per heavy atom. The van der Waals surface area contributed by atoms with Gasteiger partial charge in [-0.15, -0.1) is 0 Å². The maximum absolute atomic E-state index is 9.03. The van der Waals surface area contributed by atoms with Crippen molar-refractivity contribution in [3.8, 4) is 28.8 Å². The third kappa shape index (κ3) is 2.31. The summed E-state index contributed by atoms with van der Waals surface area (Å²) in [5, 5.41) is 12.8. The van der Waals surface area contributed by atoms with Crippen molar-refractivity contribution in [2.45, 2.75) is 6.92 Å². The van der Waals surface area contributed by atoms with E-state index in [1.807, 2.05) is 13.0 Å². The third-order valence-corrected chi connectivity index (χ3v) is 2.57. The summed E-state index contributed by atoms with van der Waals surface area (Å²) >= 11 is 0. The van der Waals surface area contributed by atoms with E-state index in [9.17, 15) is 0 Å². The van der Waals surface area contributed by atoms with E-state index in [0.29, 0.717) is 29.4 Å². The largest absolute Gasteiger partial charge is 0.493 e. The van der Waals surface area contributed by atoms with Gasteiger partial charge in [-0.1, -0.05) is 5.16 Å². The fraction of sp³-hybridized carbons (Fsp3) is 0.231. The lowest BCUT2D eigenvalue weighted by Crippen LogP contribution is -1.96. The van der Waals surface area contributed by atoms with E-state index in [1.54, 1.807) is 25.3 Å². The molecule has 19 heavy (non-hydrogen) atoms. The quantitative estimate of drug-likeness (QED) is 0.904. The maximum atomic E-state index is 9.03. The lowest BCUT2D eigenvalue weighted by atomic mass is 10.1.